The third-order valence-corrected chi connectivity index (χ3v) is 5.49. The van der Waals surface area contributed by atoms with E-state index in [2.05, 4.69) is 20.9 Å². The van der Waals surface area contributed by atoms with E-state index >= 15 is 0 Å². The van der Waals surface area contributed by atoms with Crippen molar-refractivity contribution in [2.75, 3.05) is 6.54 Å². The number of nitrogens with one attached hydrogen (secondary N) is 5. The molecular weight excluding hydrogens is 450 g/mol. The lowest BCUT2D eigenvalue weighted by atomic mass is 10.0. The maximum Gasteiger partial charge on any atom is 0.322 e. The van der Waals surface area contributed by atoms with Crippen LogP contribution in [0.5, 0.6) is 0 Å². The minimum Gasteiger partial charge on any atom is -0.361 e. The number of aromatic amines is 1. The van der Waals surface area contributed by atoms with Crippen LogP contribution in [0.2, 0.25) is 0 Å². The third kappa shape index (κ3) is 7.68. The van der Waals surface area contributed by atoms with Crippen molar-refractivity contribution < 1.29 is 24.4 Å². The number of fused-ring (bicyclic) bond motifs is 1. The number of hydrogen-bond acceptors (Lipinski definition) is 5. The lowest BCUT2D eigenvalue weighted by Crippen LogP contribution is -2.52. The first kappa shape index (κ1) is 25.4. The molecule has 3 aromatic rings. The van der Waals surface area contributed by atoms with E-state index in [9.17, 15) is 19.2 Å². The molecule has 0 radical (unpaired) electrons. The molecule has 0 fully saturated rings. The predicted molar refractivity (Wildman–Crippen MR) is 130 cm³/mol. The Labute approximate surface area is 202 Å². The Bertz CT molecular complexity index is 1160. The van der Waals surface area contributed by atoms with Crippen molar-refractivity contribution in [3.8, 4) is 0 Å². The van der Waals surface area contributed by atoms with E-state index in [1.165, 1.54) is 0 Å². The molecule has 1 unspecified atom stereocenters. The Morgan fingerprint density at radius 1 is 0.914 bits per heavy atom. The summed E-state index contributed by atoms with van der Waals surface area (Å²) >= 11 is 0. The van der Waals surface area contributed by atoms with Crippen molar-refractivity contribution in [1.82, 2.24) is 26.4 Å². The fourth-order valence-electron chi connectivity index (χ4n) is 3.67. The second-order valence-corrected chi connectivity index (χ2v) is 8.05. The number of H-pyrrole nitrogens is 1. The number of imide groups is 1. The average molecular weight is 480 g/mol. The first-order chi connectivity index (χ1) is 17.0. The van der Waals surface area contributed by atoms with E-state index in [0.717, 1.165) is 16.5 Å². The first-order valence-electron chi connectivity index (χ1n) is 11.4. The van der Waals surface area contributed by atoms with Gasteiger partial charge in [-0.05, 0) is 36.6 Å². The molecule has 0 aliphatic carbocycles. The summed E-state index contributed by atoms with van der Waals surface area (Å²) in [5.41, 5.74) is 3.68. The molecule has 35 heavy (non-hydrogen) atoms. The number of aromatic nitrogens is 1. The molecule has 0 bridgehead atoms. The number of benzene rings is 2. The van der Waals surface area contributed by atoms with Gasteiger partial charge in [-0.25, -0.2) is 10.3 Å². The summed E-state index contributed by atoms with van der Waals surface area (Å²) < 4.78 is 0. The van der Waals surface area contributed by atoms with Gasteiger partial charge in [0.25, 0.3) is 5.91 Å². The highest BCUT2D eigenvalue weighted by Gasteiger charge is 2.23. The lowest BCUT2D eigenvalue weighted by molar-refractivity contribution is -0.129. The summed E-state index contributed by atoms with van der Waals surface area (Å²) in [5.74, 6) is -1.40. The smallest absolute Gasteiger partial charge is 0.322 e. The molecule has 0 saturated heterocycles. The van der Waals surface area contributed by atoms with Crippen LogP contribution in [0.3, 0.4) is 0 Å². The number of para-hydroxylation sites is 1. The molecule has 1 atom stereocenters. The number of carbonyl (C=O) groups excluding carboxylic acids is 4. The SMILES string of the molecule is O=C(CCCCCNC(=O)C(Cc1c[nH]c2ccccc12)NC(=O)NC(=O)c1ccccc1)NO. The molecule has 2 aromatic carbocycles. The Morgan fingerprint density at radius 2 is 1.66 bits per heavy atom. The van der Waals surface area contributed by atoms with Gasteiger partial charge in [-0.1, -0.05) is 42.8 Å². The van der Waals surface area contributed by atoms with Crippen molar-refractivity contribution in [3.63, 3.8) is 0 Å². The highest BCUT2D eigenvalue weighted by molar-refractivity contribution is 6.05. The number of hydroxylamine groups is 1. The second-order valence-electron chi connectivity index (χ2n) is 8.05. The van der Waals surface area contributed by atoms with Gasteiger partial charge >= 0.3 is 6.03 Å². The van der Waals surface area contributed by atoms with Crippen LogP contribution in [0, 0.1) is 0 Å². The number of amides is 5. The Balaban J connectivity index is 1.61. The fraction of sp³-hybridized carbons (Fsp3) is 0.280. The zero-order valence-corrected chi connectivity index (χ0v) is 19.2. The van der Waals surface area contributed by atoms with E-state index < -0.39 is 23.9 Å². The molecular formula is C25H29N5O5. The Kier molecular flexibility index (Phi) is 9.38. The van der Waals surface area contributed by atoms with Crippen molar-refractivity contribution in [2.45, 2.75) is 38.1 Å². The van der Waals surface area contributed by atoms with Gasteiger partial charge in [0.05, 0.1) is 0 Å². The quantitative estimate of drug-likeness (QED) is 0.142. The van der Waals surface area contributed by atoms with Crippen LogP contribution in [-0.2, 0) is 16.0 Å². The molecule has 1 aromatic heterocycles. The van der Waals surface area contributed by atoms with E-state index in [-0.39, 0.29) is 18.7 Å². The summed E-state index contributed by atoms with van der Waals surface area (Å²) in [6.45, 7) is 0.357. The molecule has 0 saturated carbocycles. The van der Waals surface area contributed by atoms with Gasteiger partial charge < -0.3 is 15.6 Å². The molecule has 0 aliphatic heterocycles. The van der Waals surface area contributed by atoms with E-state index in [4.69, 9.17) is 5.21 Å². The largest absolute Gasteiger partial charge is 0.361 e. The normalized spacial score (nSPS) is 11.5. The van der Waals surface area contributed by atoms with Crippen LogP contribution in [0.4, 0.5) is 4.79 Å². The number of hydrogen-bond donors (Lipinski definition) is 6. The molecule has 5 amide bonds. The number of urea groups is 1. The zero-order valence-electron chi connectivity index (χ0n) is 19.2. The number of rotatable bonds is 11. The maximum atomic E-state index is 12.9. The minimum atomic E-state index is -0.919. The highest BCUT2D eigenvalue weighted by Crippen LogP contribution is 2.19. The van der Waals surface area contributed by atoms with Crippen LogP contribution in [0.1, 0.15) is 41.6 Å². The van der Waals surface area contributed by atoms with Crippen LogP contribution in [0.15, 0.2) is 60.8 Å². The zero-order chi connectivity index (χ0) is 25.0. The van der Waals surface area contributed by atoms with Crippen LogP contribution >= 0.6 is 0 Å². The van der Waals surface area contributed by atoms with Gasteiger partial charge in [-0.2, -0.15) is 0 Å². The van der Waals surface area contributed by atoms with Gasteiger partial charge in [-0.15, -0.1) is 0 Å². The van der Waals surface area contributed by atoms with Gasteiger partial charge in [-0.3, -0.25) is 24.9 Å². The van der Waals surface area contributed by atoms with E-state index in [0.29, 0.717) is 31.4 Å². The molecule has 0 spiro atoms. The van der Waals surface area contributed by atoms with E-state index in [1.54, 1.807) is 42.0 Å². The molecule has 10 nitrogen and oxygen atoms in total. The molecule has 1 heterocycles. The summed E-state index contributed by atoms with van der Waals surface area (Å²) in [6, 6.07) is 14.3. The van der Waals surface area contributed by atoms with E-state index in [1.807, 2.05) is 24.3 Å². The third-order valence-electron chi connectivity index (χ3n) is 5.49. The number of unbranched alkanes of at least 4 members (excludes halogenated alkanes) is 2. The topological polar surface area (TPSA) is 152 Å². The number of carbonyl (C=O) groups is 4. The summed E-state index contributed by atoms with van der Waals surface area (Å²) in [4.78, 5) is 52.0. The second kappa shape index (κ2) is 12.9. The maximum absolute atomic E-state index is 12.9. The lowest BCUT2D eigenvalue weighted by Gasteiger charge is -2.18. The van der Waals surface area contributed by atoms with Gasteiger partial charge in [0, 0.05) is 42.0 Å². The average Bonchev–Trinajstić information content (AvgIpc) is 3.28. The van der Waals surface area contributed by atoms with Crippen molar-refractivity contribution in [1.29, 1.82) is 0 Å². The molecule has 0 aliphatic rings. The van der Waals surface area contributed by atoms with Crippen molar-refractivity contribution >= 4 is 34.7 Å². The molecule has 10 heteroatoms. The molecule has 184 valence electrons. The first-order valence-corrected chi connectivity index (χ1v) is 11.4. The van der Waals surface area contributed by atoms with Gasteiger partial charge in [0.2, 0.25) is 11.8 Å². The summed E-state index contributed by atoms with van der Waals surface area (Å²) in [5, 5.41) is 17.1. The van der Waals surface area contributed by atoms with Gasteiger partial charge in [0.15, 0.2) is 0 Å². The van der Waals surface area contributed by atoms with Crippen molar-refractivity contribution in [2.24, 2.45) is 0 Å². The van der Waals surface area contributed by atoms with Crippen LogP contribution in [-0.4, -0.2) is 46.5 Å². The van der Waals surface area contributed by atoms with Crippen molar-refractivity contribution in [3.05, 3.63) is 71.9 Å². The summed E-state index contributed by atoms with van der Waals surface area (Å²) in [6.07, 6.45) is 4.10. The Hall–Kier alpha value is -4.18. The van der Waals surface area contributed by atoms with Crippen LogP contribution in [0.25, 0.3) is 10.9 Å². The summed E-state index contributed by atoms with van der Waals surface area (Å²) in [7, 11) is 0. The predicted octanol–water partition coefficient (Wildman–Crippen LogP) is 2.40. The molecule has 3 rings (SSSR count). The monoisotopic (exact) mass is 479 g/mol. The highest BCUT2D eigenvalue weighted by atomic mass is 16.5. The standard InChI is InChI=1S/C25H29N5O5/c31-22(30-35)13-5-2-8-14-26-24(33)21(15-18-16-27-20-12-7-6-11-19(18)20)28-25(34)29-23(32)17-9-3-1-4-10-17/h1,3-4,6-7,9-12,16,21,27,35H,2,5,8,13-15H2,(H,26,33)(H,30,31)(H2,28,29,32,34). The Morgan fingerprint density at radius 3 is 2.43 bits per heavy atom. The minimum absolute atomic E-state index is 0.199. The molecule has 6 N–H and O–H groups in total. The van der Waals surface area contributed by atoms with Crippen LogP contribution < -0.4 is 21.4 Å². The van der Waals surface area contributed by atoms with Gasteiger partial charge in [0.1, 0.15) is 6.04 Å². The fourth-order valence-corrected chi connectivity index (χ4v) is 3.67.